The number of hydrogen-bond acceptors (Lipinski definition) is 1. The molecule has 1 rings (SSSR count). The zero-order valence-corrected chi connectivity index (χ0v) is 7.36. The number of benzene rings is 1. The molecule has 1 aromatic rings. The number of ether oxygens (including phenoxy) is 1. The van der Waals surface area contributed by atoms with Crippen molar-refractivity contribution in [2.24, 2.45) is 0 Å². The highest BCUT2D eigenvalue weighted by Crippen LogP contribution is 1.99. The Bertz CT molecular complexity index is 226. The van der Waals surface area contributed by atoms with E-state index in [1.54, 1.807) is 0 Å². The van der Waals surface area contributed by atoms with Crippen LogP contribution in [-0.4, -0.2) is 6.61 Å². The van der Waals surface area contributed by atoms with Gasteiger partial charge in [-0.2, -0.15) is 0 Å². The van der Waals surface area contributed by atoms with E-state index in [-0.39, 0.29) is 0 Å². The van der Waals surface area contributed by atoms with Gasteiger partial charge in [-0.05, 0) is 12.5 Å². The first-order valence-corrected chi connectivity index (χ1v) is 4.16. The van der Waals surface area contributed by atoms with Gasteiger partial charge in [0.05, 0.1) is 13.2 Å². The molecule has 0 heterocycles. The van der Waals surface area contributed by atoms with Gasteiger partial charge in [0, 0.05) is 0 Å². The topological polar surface area (TPSA) is 9.23 Å². The third-order valence-electron chi connectivity index (χ3n) is 1.56. The van der Waals surface area contributed by atoms with Crippen molar-refractivity contribution in [3.63, 3.8) is 0 Å². The molecular formula is C11H14O. The van der Waals surface area contributed by atoms with Crippen LogP contribution in [0.3, 0.4) is 0 Å². The smallest absolute Gasteiger partial charge is 0.0721 e. The summed E-state index contributed by atoms with van der Waals surface area (Å²) in [5.74, 6) is 0. The monoisotopic (exact) mass is 162 g/mol. The van der Waals surface area contributed by atoms with Crippen LogP contribution in [0.2, 0.25) is 0 Å². The molecule has 0 atom stereocenters. The van der Waals surface area contributed by atoms with E-state index in [1.165, 1.54) is 5.56 Å². The van der Waals surface area contributed by atoms with Gasteiger partial charge in [-0.1, -0.05) is 42.5 Å². The van der Waals surface area contributed by atoms with Crippen LogP contribution in [0.15, 0.2) is 42.5 Å². The summed E-state index contributed by atoms with van der Waals surface area (Å²) in [7, 11) is 0. The van der Waals surface area contributed by atoms with Crippen LogP contribution in [0.5, 0.6) is 0 Å². The molecular weight excluding hydrogens is 148 g/mol. The van der Waals surface area contributed by atoms with E-state index in [4.69, 9.17) is 4.74 Å². The molecule has 0 saturated carbocycles. The van der Waals surface area contributed by atoms with Crippen LogP contribution in [-0.2, 0) is 11.3 Å². The summed E-state index contributed by atoms with van der Waals surface area (Å²) in [5.41, 5.74) is 1.22. The molecule has 0 fully saturated rings. The van der Waals surface area contributed by atoms with E-state index in [2.05, 4.69) is 12.1 Å². The molecule has 0 N–H and O–H groups in total. The maximum Gasteiger partial charge on any atom is 0.0721 e. The molecule has 0 aliphatic carbocycles. The zero-order valence-electron chi connectivity index (χ0n) is 7.36. The van der Waals surface area contributed by atoms with E-state index < -0.39 is 0 Å². The Balaban J connectivity index is 2.24. The summed E-state index contributed by atoms with van der Waals surface area (Å²) in [6.07, 6.45) is 3.99. The lowest BCUT2D eigenvalue weighted by molar-refractivity contribution is 0.148. The predicted octanol–water partition coefficient (Wildman–Crippen LogP) is 2.78. The number of allylic oxidation sites excluding steroid dienone is 1. The average molecular weight is 162 g/mol. The standard InChI is InChI=1S/C11H14O/c1-2-3-9-12-10-11-7-5-4-6-8-11/h2-8H,9-10H2,1H3/b3-2-. The normalized spacial score (nSPS) is 10.8. The first kappa shape index (κ1) is 9.01. The summed E-state index contributed by atoms with van der Waals surface area (Å²) >= 11 is 0. The van der Waals surface area contributed by atoms with Gasteiger partial charge in [0.15, 0.2) is 0 Å². The fraction of sp³-hybridized carbons (Fsp3) is 0.273. The average Bonchev–Trinajstić information content (AvgIpc) is 2.14. The molecule has 0 aromatic heterocycles. The van der Waals surface area contributed by atoms with Crippen LogP contribution >= 0.6 is 0 Å². The Kier molecular flexibility index (Phi) is 4.17. The highest BCUT2D eigenvalue weighted by molar-refractivity contribution is 5.13. The molecule has 1 aromatic carbocycles. The Morgan fingerprint density at radius 2 is 2.00 bits per heavy atom. The third-order valence-corrected chi connectivity index (χ3v) is 1.56. The highest BCUT2D eigenvalue weighted by Gasteiger charge is 1.87. The van der Waals surface area contributed by atoms with Crippen LogP contribution in [0.4, 0.5) is 0 Å². The van der Waals surface area contributed by atoms with Gasteiger partial charge in [0.1, 0.15) is 0 Å². The molecule has 0 unspecified atom stereocenters. The van der Waals surface area contributed by atoms with Crippen molar-refractivity contribution in [2.75, 3.05) is 6.61 Å². The molecule has 0 aliphatic heterocycles. The quantitative estimate of drug-likeness (QED) is 0.488. The van der Waals surface area contributed by atoms with Gasteiger partial charge in [-0.3, -0.25) is 0 Å². The molecule has 0 aliphatic rings. The zero-order chi connectivity index (χ0) is 8.65. The maximum atomic E-state index is 5.37. The van der Waals surface area contributed by atoms with Gasteiger partial charge in [0.25, 0.3) is 0 Å². The van der Waals surface area contributed by atoms with E-state index in [9.17, 15) is 0 Å². The highest BCUT2D eigenvalue weighted by atomic mass is 16.5. The molecule has 0 spiro atoms. The lowest BCUT2D eigenvalue weighted by atomic mass is 10.2. The minimum absolute atomic E-state index is 0.700. The van der Waals surface area contributed by atoms with Crippen molar-refractivity contribution >= 4 is 0 Å². The Hall–Kier alpha value is -1.08. The molecule has 0 amide bonds. The SMILES string of the molecule is C/C=C\COCc1ccccc1. The largest absolute Gasteiger partial charge is 0.373 e. The number of hydrogen-bond donors (Lipinski definition) is 0. The molecule has 0 bridgehead atoms. The van der Waals surface area contributed by atoms with Crippen molar-refractivity contribution in [1.82, 2.24) is 0 Å². The first-order valence-electron chi connectivity index (χ1n) is 4.16. The Labute approximate surface area is 73.7 Å². The number of rotatable bonds is 4. The van der Waals surface area contributed by atoms with Gasteiger partial charge in [-0.15, -0.1) is 0 Å². The second-order valence-electron chi connectivity index (χ2n) is 2.57. The van der Waals surface area contributed by atoms with E-state index in [0.717, 1.165) is 0 Å². The summed E-state index contributed by atoms with van der Waals surface area (Å²) in [5, 5.41) is 0. The van der Waals surface area contributed by atoms with E-state index >= 15 is 0 Å². The Morgan fingerprint density at radius 1 is 1.25 bits per heavy atom. The summed E-state index contributed by atoms with van der Waals surface area (Å²) < 4.78 is 5.37. The van der Waals surface area contributed by atoms with Gasteiger partial charge in [0.2, 0.25) is 0 Å². The van der Waals surface area contributed by atoms with Gasteiger partial charge < -0.3 is 4.74 Å². The van der Waals surface area contributed by atoms with Crippen molar-refractivity contribution in [3.8, 4) is 0 Å². The second-order valence-corrected chi connectivity index (χ2v) is 2.57. The van der Waals surface area contributed by atoms with Gasteiger partial charge in [-0.25, -0.2) is 0 Å². The summed E-state index contributed by atoms with van der Waals surface area (Å²) in [6.45, 7) is 3.39. The molecule has 0 saturated heterocycles. The molecule has 64 valence electrons. The van der Waals surface area contributed by atoms with E-state index in [0.29, 0.717) is 13.2 Å². The predicted molar refractivity (Wildman–Crippen MR) is 50.9 cm³/mol. The minimum Gasteiger partial charge on any atom is -0.373 e. The van der Waals surface area contributed by atoms with Crippen molar-refractivity contribution < 1.29 is 4.74 Å². The lowest BCUT2D eigenvalue weighted by Crippen LogP contribution is -1.91. The third kappa shape index (κ3) is 3.35. The van der Waals surface area contributed by atoms with Crippen molar-refractivity contribution in [1.29, 1.82) is 0 Å². The van der Waals surface area contributed by atoms with Gasteiger partial charge >= 0.3 is 0 Å². The van der Waals surface area contributed by atoms with E-state index in [1.807, 2.05) is 37.3 Å². The second kappa shape index (κ2) is 5.56. The lowest BCUT2D eigenvalue weighted by Gasteiger charge is -1.99. The van der Waals surface area contributed by atoms with Crippen molar-refractivity contribution in [2.45, 2.75) is 13.5 Å². The molecule has 0 radical (unpaired) electrons. The fourth-order valence-electron chi connectivity index (χ4n) is 0.915. The fourth-order valence-corrected chi connectivity index (χ4v) is 0.915. The maximum absolute atomic E-state index is 5.37. The minimum atomic E-state index is 0.700. The molecule has 1 heteroatoms. The van der Waals surface area contributed by atoms with Crippen molar-refractivity contribution in [3.05, 3.63) is 48.0 Å². The van der Waals surface area contributed by atoms with Crippen LogP contribution in [0, 0.1) is 0 Å². The van der Waals surface area contributed by atoms with Crippen LogP contribution < -0.4 is 0 Å². The van der Waals surface area contributed by atoms with Crippen LogP contribution in [0.1, 0.15) is 12.5 Å². The summed E-state index contributed by atoms with van der Waals surface area (Å²) in [6, 6.07) is 10.2. The Morgan fingerprint density at radius 3 is 2.67 bits per heavy atom. The van der Waals surface area contributed by atoms with Crippen LogP contribution in [0.25, 0.3) is 0 Å². The molecule has 1 nitrogen and oxygen atoms in total. The molecule has 12 heavy (non-hydrogen) atoms. The summed E-state index contributed by atoms with van der Waals surface area (Å²) in [4.78, 5) is 0. The first-order chi connectivity index (χ1) is 5.93.